The van der Waals surface area contributed by atoms with Crippen molar-refractivity contribution in [3.05, 3.63) is 60.4 Å². The van der Waals surface area contributed by atoms with Crippen LogP contribution >= 0.6 is 0 Å². The number of aryl methyl sites for hydroxylation is 1. The van der Waals surface area contributed by atoms with E-state index in [0.29, 0.717) is 12.1 Å². The maximum atomic E-state index is 11.8. The summed E-state index contributed by atoms with van der Waals surface area (Å²) in [5, 5.41) is 0. The highest BCUT2D eigenvalue weighted by Gasteiger charge is 2.10. The van der Waals surface area contributed by atoms with Gasteiger partial charge in [0.2, 0.25) is 10.0 Å². The first-order valence-electron chi connectivity index (χ1n) is 5.60. The Balaban J connectivity index is 1.96. The molecule has 0 saturated carbocycles. The van der Waals surface area contributed by atoms with Crippen molar-refractivity contribution < 1.29 is 8.42 Å². The van der Waals surface area contributed by atoms with E-state index in [9.17, 15) is 8.42 Å². The summed E-state index contributed by atoms with van der Waals surface area (Å²) in [6.07, 6.45) is 3.80. The summed E-state index contributed by atoms with van der Waals surface area (Å²) in [7, 11) is -3.30. The molecule has 18 heavy (non-hydrogen) atoms. The molecule has 0 atom stereocenters. The predicted octanol–water partition coefficient (Wildman–Crippen LogP) is 2.07. The van der Waals surface area contributed by atoms with Crippen LogP contribution in [0.3, 0.4) is 0 Å². The Hall–Kier alpha value is -1.88. The third-order valence-electron chi connectivity index (χ3n) is 2.46. The molecular formula is C13H14N2O2S. The van der Waals surface area contributed by atoms with Gasteiger partial charge in [0.05, 0.1) is 5.75 Å². The van der Waals surface area contributed by atoms with Gasteiger partial charge in [-0.1, -0.05) is 18.2 Å². The van der Waals surface area contributed by atoms with E-state index in [1.165, 1.54) is 0 Å². The number of para-hydroxylation sites is 1. The lowest BCUT2D eigenvalue weighted by molar-refractivity contribution is 0.600. The van der Waals surface area contributed by atoms with Crippen molar-refractivity contribution in [2.45, 2.75) is 6.42 Å². The molecule has 94 valence electrons. The normalized spacial score (nSPS) is 11.1. The van der Waals surface area contributed by atoms with Gasteiger partial charge in [0.25, 0.3) is 0 Å². The minimum absolute atomic E-state index is 0.0614. The summed E-state index contributed by atoms with van der Waals surface area (Å²) in [5.41, 5.74) is 1.55. The number of aromatic nitrogens is 1. The molecule has 0 saturated heterocycles. The van der Waals surface area contributed by atoms with Gasteiger partial charge in [-0.25, -0.2) is 8.42 Å². The Labute approximate surface area is 107 Å². The number of anilines is 1. The van der Waals surface area contributed by atoms with Gasteiger partial charge in [0, 0.05) is 18.1 Å². The Morgan fingerprint density at radius 2 is 1.67 bits per heavy atom. The Morgan fingerprint density at radius 1 is 1.00 bits per heavy atom. The Morgan fingerprint density at radius 3 is 2.33 bits per heavy atom. The molecule has 2 aromatic rings. The van der Waals surface area contributed by atoms with Crippen molar-refractivity contribution >= 4 is 15.7 Å². The highest BCUT2D eigenvalue weighted by molar-refractivity contribution is 7.92. The fraction of sp³-hybridized carbons (Fsp3) is 0.154. The Bertz CT molecular complexity index is 583. The first kappa shape index (κ1) is 12.6. The van der Waals surface area contributed by atoms with E-state index in [0.717, 1.165) is 5.56 Å². The number of sulfonamides is 1. The van der Waals surface area contributed by atoms with Crippen LogP contribution in [-0.4, -0.2) is 19.2 Å². The molecule has 1 N–H and O–H groups in total. The molecule has 0 fully saturated rings. The minimum Gasteiger partial charge on any atom is -0.284 e. The van der Waals surface area contributed by atoms with Gasteiger partial charge < -0.3 is 0 Å². The smallest absolute Gasteiger partial charge is 0.233 e. The van der Waals surface area contributed by atoms with E-state index in [-0.39, 0.29) is 5.75 Å². The summed E-state index contributed by atoms with van der Waals surface area (Å²) >= 11 is 0. The average molecular weight is 262 g/mol. The molecule has 1 aromatic carbocycles. The van der Waals surface area contributed by atoms with Crippen LogP contribution in [0.25, 0.3) is 0 Å². The van der Waals surface area contributed by atoms with Crippen LogP contribution in [0.1, 0.15) is 5.56 Å². The van der Waals surface area contributed by atoms with Crippen LogP contribution in [0.15, 0.2) is 54.9 Å². The average Bonchev–Trinajstić information content (AvgIpc) is 2.38. The summed E-state index contributed by atoms with van der Waals surface area (Å²) in [4.78, 5) is 3.89. The van der Waals surface area contributed by atoms with E-state index in [4.69, 9.17) is 0 Å². The molecule has 0 unspecified atom stereocenters. The molecule has 1 heterocycles. The lowest BCUT2D eigenvalue weighted by atomic mass is 10.2. The number of nitrogens with one attached hydrogen (secondary N) is 1. The lowest BCUT2D eigenvalue weighted by Gasteiger charge is -2.07. The van der Waals surface area contributed by atoms with Crippen LogP contribution < -0.4 is 4.72 Å². The highest BCUT2D eigenvalue weighted by atomic mass is 32.2. The van der Waals surface area contributed by atoms with E-state index >= 15 is 0 Å². The van der Waals surface area contributed by atoms with Crippen molar-refractivity contribution in [3.63, 3.8) is 0 Å². The fourth-order valence-corrected chi connectivity index (χ4v) is 2.64. The zero-order valence-electron chi connectivity index (χ0n) is 9.78. The summed E-state index contributed by atoms with van der Waals surface area (Å²) < 4.78 is 26.2. The topological polar surface area (TPSA) is 59.1 Å². The number of hydrogen-bond acceptors (Lipinski definition) is 3. The summed E-state index contributed by atoms with van der Waals surface area (Å²) in [5.74, 6) is 0.0614. The summed E-state index contributed by atoms with van der Waals surface area (Å²) in [6.45, 7) is 0. The second-order valence-electron chi connectivity index (χ2n) is 3.89. The molecule has 0 aliphatic heterocycles. The molecule has 5 heteroatoms. The zero-order chi connectivity index (χ0) is 12.8. The quantitative estimate of drug-likeness (QED) is 0.897. The Kier molecular flexibility index (Phi) is 3.94. The van der Waals surface area contributed by atoms with Crippen molar-refractivity contribution in [1.29, 1.82) is 0 Å². The zero-order valence-corrected chi connectivity index (χ0v) is 10.6. The first-order valence-corrected chi connectivity index (χ1v) is 7.25. The molecule has 0 radical (unpaired) electrons. The number of hydrogen-bond donors (Lipinski definition) is 1. The van der Waals surface area contributed by atoms with E-state index in [1.807, 2.05) is 18.2 Å². The molecule has 4 nitrogen and oxygen atoms in total. The minimum atomic E-state index is -3.30. The van der Waals surface area contributed by atoms with Gasteiger partial charge in [0.1, 0.15) is 0 Å². The molecule has 0 bridgehead atoms. The fourth-order valence-electron chi connectivity index (χ4n) is 1.54. The first-order chi connectivity index (χ1) is 8.66. The van der Waals surface area contributed by atoms with E-state index in [1.54, 1.807) is 36.7 Å². The van der Waals surface area contributed by atoms with Crippen molar-refractivity contribution in [2.75, 3.05) is 10.5 Å². The monoisotopic (exact) mass is 262 g/mol. The predicted molar refractivity (Wildman–Crippen MR) is 71.8 cm³/mol. The maximum absolute atomic E-state index is 11.8. The number of pyridine rings is 1. The molecule has 1 aromatic heterocycles. The van der Waals surface area contributed by atoms with Crippen LogP contribution in [0.2, 0.25) is 0 Å². The number of nitrogens with zero attached hydrogens (tertiary/aromatic N) is 1. The van der Waals surface area contributed by atoms with E-state index in [2.05, 4.69) is 9.71 Å². The summed E-state index contributed by atoms with van der Waals surface area (Å²) in [6, 6.07) is 12.5. The van der Waals surface area contributed by atoms with Gasteiger partial charge in [-0.05, 0) is 36.2 Å². The molecule has 0 amide bonds. The number of benzene rings is 1. The molecule has 0 aliphatic rings. The molecular weight excluding hydrogens is 248 g/mol. The maximum Gasteiger partial charge on any atom is 0.233 e. The number of rotatable bonds is 5. The van der Waals surface area contributed by atoms with E-state index < -0.39 is 10.0 Å². The van der Waals surface area contributed by atoms with Gasteiger partial charge in [-0.3, -0.25) is 9.71 Å². The lowest BCUT2D eigenvalue weighted by Crippen LogP contribution is -2.18. The SMILES string of the molecule is O=S(=O)(CCc1ccncc1)Nc1ccccc1. The molecule has 2 rings (SSSR count). The van der Waals surface area contributed by atoms with Crippen LogP contribution in [0.5, 0.6) is 0 Å². The third kappa shape index (κ3) is 3.85. The van der Waals surface area contributed by atoms with Gasteiger partial charge in [0.15, 0.2) is 0 Å². The third-order valence-corrected chi connectivity index (χ3v) is 3.74. The van der Waals surface area contributed by atoms with Crippen molar-refractivity contribution in [2.24, 2.45) is 0 Å². The van der Waals surface area contributed by atoms with Crippen molar-refractivity contribution in [1.82, 2.24) is 4.98 Å². The van der Waals surface area contributed by atoms with Gasteiger partial charge >= 0.3 is 0 Å². The van der Waals surface area contributed by atoms with Crippen molar-refractivity contribution in [3.8, 4) is 0 Å². The standard InChI is InChI=1S/C13H14N2O2S/c16-18(17,15-13-4-2-1-3-5-13)11-8-12-6-9-14-10-7-12/h1-7,9-10,15H,8,11H2. The molecule has 0 aliphatic carbocycles. The van der Waals surface area contributed by atoms with Crippen LogP contribution in [-0.2, 0) is 16.4 Å². The highest BCUT2D eigenvalue weighted by Crippen LogP contribution is 2.09. The second kappa shape index (κ2) is 5.64. The molecule has 0 spiro atoms. The van der Waals surface area contributed by atoms with Gasteiger partial charge in [-0.2, -0.15) is 0 Å². The second-order valence-corrected chi connectivity index (χ2v) is 5.73. The van der Waals surface area contributed by atoms with Gasteiger partial charge in [-0.15, -0.1) is 0 Å². The largest absolute Gasteiger partial charge is 0.284 e. The van der Waals surface area contributed by atoms with Crippen LogP contribution in [0, 0.1) is 0 Å². The van der Waals surface area contributed by atoms with Crippen LogP contribution in [0.4, 0.5) is 5.69 Å².